The predicted octanol–water partition coefficient (Wildman–Crippen LogP) is 2.66. The predicted molar refractivity (Wildman–Crippen MR) is 81.0 cm³/mol. The first-order valence-corrected chi connectivity index (χ1v) is 6.76. The maximum atomic E-state index is 10.3. The molecule has 2 aromatic rings. The second-order valence-electron chi connectivity index (χ2n) is 5.94. The highest BCUT2D eigenvalue weighted by Crippen LogP contribution is 2.26. The number of aromatic nitrogens is 1. The van der Waals surface area contributed by atoms with Crippen LogP contribution in [0.25, 0.3) is 10.9 Å². The van der Waals surface area contributed by atoms with Crippen LogP contribution in [-0.2, 0) is 0 Å². The van der Waals surface area contributed by atoms with Gasteiger partial charge in [0.1, 0.15) is 5.75 Å². The molecule has 0 saturated heterocycles. The van der Waals surface area contributed by atoms with Crippen LogP contribution >= 0.6 is 0 Å². The third-order valence-corrected chi connectivity index (χ3v) is 3.16. The summed E-state index contributed by atoms with van der Waals surface area (Å²) in [5.41, 5.74) is 1.71. The quantitative estimate of drug-likeness (QED) is 0.900. The molecule has 0 aliphatic rings. The lowest BCUT2D eigenvalue weighted by Gasteiger charge is -2.23. The summed E-state index contributed by atoms with van der Waals surface area (Å²) in [4.78, 5) is 4.30. The highest BCUT2D eigenvalue weighted by Gasteiger charge is 2.14. The standard InChI is InChI=1S/C16H22N2O2/c1-16(2,3)18-10-14(19)11-5-6-13-12(9-11)15(20-4)7-8-17-13/h5-9,14,18-19H,10H2,1-4H3/t14-/m0/s1. The molecule has 4 nitrogen and oxygen atoms in total. The van der Waals surface area contributed by atoms with Crippen LogP contribution in [0.4, 0.5) is 0 Å². The summed E-state index contributed by atoms with van der Waals surface area (Å²) < 4.78 is 5.34. The molecule has 2 rings (SSSR count). The second-order valence-corrected chi connectivity index (χ2v) is 5.94. The van der Waals surface area contributed by atoms with Gasteiger partial charge in [0.15, 0.2) is 0 Å². The molecule has 0 fully saturated rings. The molecule has 108 valence electrons. The van der Waals surface area contributed by atoms with E-state index in [4.69, 9.17) is 4.74 Å². The van der Waals surface area contributed by atoms with Gasteiger partial charge in [0, 0.05) is 23.7 Å². The fourth-order valence-electron chi connectivity index (χ4n) is 2.04. The van der Waals surface area contributed by atoms with Crippen LogP contribution in [0.1, 0.15) is 32.4 Å². The molecule has 4 heteroatoms. The Morgan fingerprint density at radius 2 is 2.05 bits per heavy atom. The molecular weight excluding hydrogens is 252 g/mol. The molecule has 2 N–H and O–H groups in total. The van der Waals surface area contributed by atoms with Crippen molar-refractivity contribution >= 4 is 10.9 Å². The van der Waals surface area contributed by atoms with Crippen molar-refractivity contribution in [3.05, 3.63) is 36.0 Å². The number of pyridine rings is 1. The molecule has 1 atom stereocenters. The van der Waals surface area contributed by atoms with E-state index in [1.807, 2.05) is 24.3 Å². The van der Waals surface area contributed by atoms with Crippen molar-refractivity contribution in [1.29, 1.82) is 0 Å². The molecule has 1 aromatic carbocycles. The van der Waals surface area contributed by atoms with Crippen molar-refractivity contribution in [1.82, 2.24) is 10.3 Å². The lowest BCUT2D eigenvalue weighted by atomic mass is 10.0. The first kappa shape index (κ1) is 14.8. The molecule has 1 aromatic heterocycles. The zero-order valence-electron chi connectivity index (χ0n) is 12.5. The Morgan fingerprint density at radius 1 is 1.30 bits per heavy atom. The fraction of sp³-hybridized carbons (Fsp3) is 0.438. The van der Waals surface area contributed by atoms with Gasteiger partial charge in [0.05, 0.1) is 18.7 Å². The summed E-state index contributed by atoms with van der Waals surface area (Å²) in [6, 6.07) is 7.58. The first-order chi connectivity index (χ1) is 9.40. The van der Waals surface area contributed by atoms with E-state index >= 15 is 0 Å². The second kappa shape index (κ2) is 5.77. The smallest absolute Gasteiger partial charge is 0.129 e. The summed E-state index contributed by atoms with van der Waals surface area (Å²) in [5.74, 6) is 0.771. The molecule has 0 aliphatic carbocycles. The number of benzene rings is 1. The number of methoxy groups -OCH3 is 1. The zero-order valence-corrected chi connectivity index (χ0v) is 12.5. The highest BCUT2D eigenvalue weighted by molar-refractivity contribution is 5.85. The Balaban J connectivity index is 2.26. The molecule has 0 amide bonds. The zero-order chi connectivity index (χ0) is 14.8. The summed E-state index contributed by atoms with van der Waals surface area (Å²) in [6.45, 7) is 6.74. The maximum Gasteiger partial charge on any atom is 0.129 e. The first-order valence-electron chi connectivity index (χ1n) is 6.76. The van der Waals surface area contributed by atoms with E-state index < -0.39 is 6.10 Å². The number of nitrogens with one attached hydrogen (secondary N) is 1. The van der Waals surface area contributed by atoms with Crippen LogP contribution in [0.2, 0.25) is 0 Å². The third-order valence-electron chi connectivity index (χ3n) is 3.16. The maximum absolute atomic E-state index is 10.3. The number of fused-ring (bicyclic) bond motifs is 1. The Kier molecular flexibility index (Phi) is 4.26. The van der Waals surface area contributed by atoms with E-state index in [0.29, 0.717) is 6.54 Å². The van der Waals surface area contributed by atoms with Gasteiger partial charge in [-0.2, -0.15) is 0 Å². The van der Waals surface area contributed by atoms with Crippen molar-refractivity contribution in [2.24, 2.45) is 0 Å². The van der Waals surface area contributed by atoms with Crippen molar-refractivity contribution in [2.45, 2.75) is 32.4 Å². The molecule has 0 bridgehead atoms. The van der Waals surface area contributed by atoms with Gasteiger partial charge in [-0.15, -0.1) is 0 Å². The molecular formula is C16H22N2O2. The Morgan fingerprint density at radius 3 is 2.70 bits per heavy atom. The van der Waals surface area contributed by atoms with E-state index in [0.717, 1.165) is 22.2 Å². The average molecular weight is 274 g/mol. The van der Waals surface area contributed by atoms with Gasteiger partial charge in [-0.25, -0.2) is 0 Å². The molecule has 0 unspecified atom stereocenters. The number of β-amino-alcohol motifs (C(OH)–C–C–N with tert-alkyl or cyclic N) is 1. The highest BCUT2D eigenvalue weighted by atomic mass is 16.5. The lowest BCUT2D eigenvalue weighted by Crippen LogP contribution is -2.38. The van der Waals surface area contributed by atoms with E-state index in [-0.39, 0.29) is 5.54 Å². The van der Waals surface area contributed by atoms with Gasteiger partial charge >= 0.3 is 0 Å². The normalized spacial score (nSPS) is 13.4. The lowest BCUT2D eigenvalue weighted by molar-refractivity contribution is 0.163. The van der Waals surface area contributed by atoms with Crippen molar-refractivity contribution in [2.75, 3.05) is 13.7 Å². The van der Waals surface area contributed by atoms with Gasteiger partial charge in [-0.1, -0.05) is 6.07 Å². The minimum Gasteiger partial charge on any atom is -0.496 e. The Bertz CT molecular complexity index is 591. The SMILES string of the molecule is COc1ccnc2ccc([C@@H](O)CNC(C)(C)C)cc12. The van der Waals surface area contributed by atoms with E-state index in [2.05, 4.69) is 31.1 Å². The van der Waals surface area contributed by atoms with Crippen LogP contribution in [0.5, 0.6) is 5.75 Å². The number of ether oxygens (including phenoxy) is 1. The van der Waals surface area contributed by atoms with Crippen LogP contribution in [-0.4, -0.2) is 29.3 Å². The third kappa shape index (κ3) is 3.46. The number of aliphatic hydroxyl groups is 1. The van der Waals surface area contributed by atoms with Gasteiger partial charge in [0.2, 0.25) is 0 Å². The summed E-state index contributed by atoms with van der Waals surface area (Å²) in [6.07, 6.45) is 1.17. The minimum atomic E-state index is -0.552. The number of nitrogens with zero attached hydrogens (tertiary/aromatic N) is 1. The van der Waals surface area contributed by atoms with E-state index in [1.165, 1.54) is 0 Å². The number of rotatable bonds is 4. The molecule has 0 aliphatic heterocycles. The van der Waals surface area contributed by atoms with Crippen LogP contribution in [0.3, 0.4) is 0 Å². The van der Waals surface area contributed by atoms with Crippen LogP contribution < -0.4 is 10.1 Å². The number of hydrogen-bond acceptors (Lipinski definition) is 4. The molecule has 0 saturated carbocycles. The fourth-order valence-corrected chi connectivity index (χ4v) is 2.04. The molecule has 0 radical (unpaired) electrons. The minimum absolute atomic E-state index is 0.0168. The molecule has 1 heterocycles. The van der Waals surface area contributed by atoms with Crippen molar-refractivity contribution in [3.8, 4) is 5.75 Å². The van der Waals surface area contributed by atoms with Gasteiger partial charge < -0.3 is 15.2 Å². The van der Waals surface area contributed by atoms with Gasteiger partial charge in [-0.3, -0.25) is 4.98 Å². The summed E-state index contributed by atoms with van der Waals surface area (Å²) in [5, 5.41) is 14.5. The monoisotopic (exact) mass is 274 g/mol. The van der Waals surface area contributed by atoms with Crippen molar-refractivity contribution in [3.63, 3.8) is 0 Å². The largest absolute Gasteiger partial charge is 0.496 e. The average Bonchev–Trinajstić information content (AvgIpc) is 2.42. The molecule has 20 heavy (non-hydrogen) atoms. The molecule has 0 spiro atoms. The van der Waals surface area contributed by atoms with E-state index in [9.17, 15) is 5.11 Å². The van der Waals surface area contributed by atoms with Gasteiger partial charge in [0.25, 0.3) is 0 Å². The summed E-state index contributed by atoms with van der Waals surface area (Å²) in [7, 11) is 1.64. The van der Waals surface area contributed by atoms with Crippen LogP contribution in [0, 0.1) is 0 Å². The number of hydrogen-bond donors (Lipinski definition) is 2. The van der Waals surface area contributed by atoms with Crippen molar-refractivity contribution < 1.29 is 9.84 Å². The topological polar surface area (TPSA) is 54.4 Å². The number of aliphatic hydroxyl groups excluding tert-OH is 1. The van der Waals surface area contributed by atoms with Gasteiger partial charge in [-0.05, 0) is 44.5 Å². The van der Waals surface area contributed by atoms with Crippen LogP contribution in [0.15, 0.2) is 30.5 Å². The summed E-state index contributed by atoms with van der Waals surface area (Å²) >= 11 is 0. The van der Waals surface area contributed by atoms with E-state index in [1.54, 1.807) is 13.3 Å². The Hall–Kier alpha value is -1.65. The Labute approximate surface area is 119 Å².